The molecule has 33 heavy (non-hydrogen) atoms. The van der Waals surface area contributed by atoms with E-state index in [-0.39, 0.29) is 12.5 Å². The number of hydrogen-bond acceptors (Lipinski definition) is 6. The van der Waals surface area contributed by atoms with Gasteiger partial charge in [0.25, 0.3) is 0 Å². The highest BCUT2D eigenvalue weighted by Crippen LogP contribution is 2.38. The van der Waals surface area contributed by atoms with E-state index in [1.165, 1.54) is 27.0 Å². The normalized spacial score (nSPS) is 15.0. The molecule has 2 amide bonds. The molecule has 6 nitrogen and oxygen atoms in total. The van der Waals surface area contributed by atoms with Crippen molar-refractivity contribution in [1.82, 2.24) is 9.88 Å². The number of rotatable bonds is 5. The van der Waals surface area contributed by atoms with Crippen molar-refractivity contribution in [2.45, 2.75) is 60.4 Å². The average molecular weight is 489 g/mol. The summed E-state index contributed by atoms with van der Waals surface area (Å²) < 4.78 is 1.24. The lowest BCUT2D eigenvalue weighted by Crippen LogP contribution is -2.45. The summed E-state index contributed by atoms with van der Waals surface area (Å²) in [7, 11) is 0. The zero-order valence-corrected chi connectivity index (χ0v) is 22.1. The highest BCUT2D eigenvalue weighted by molar-refractivity contribution is 7.23. The Kier molecular flexibility index (Phi) is 10.3. The Labute approximate surface area is 205 Å². The Bertz CT molecular complexity index is 1060. The molecule has 1 aromatic carbocycles. The lowest BCUT2D eigenvalue weighted by Gasteiger charge is -2.22. The number of amides is 2. The minimum absolute atomic E-state index is 0.113. The van der Waals surface area contributed by atoms with Gasteiger partial charge in [-0.25, -0.2) is 4.98 Å². The van der Waals surface area contributed by atoms with Crippen molar-refractivity contribution in [3.63, 3.8) is 0 Å². The Balaban J connectivity index is 0.000000582. The van der Waals surface area contributed by atoms with Gasteiger partial charge in [0.05, 0.1) is 17.1 Å². The van der Waals surface area contributed by atoms with Crippen LogP contribution in [0.4, 0.5) is 5.13 Å². The van der Waals surface area contributed by atoms with Crippen molar-refractivity contribution in [3.8, 4) is 10.6 Å². The van der Waals surface area contributed by atoms with Crippen LogP contribution in [0.3, 0.4) is 0 Å². The lowest BCUT2D eigenvalue weighted by molar-refractivity contribution is -0.135. The number of nitrogens with one attached hydrogen (secondary N) is 1. The first-order valence-electron chi connectivity index (χ1n) is 11.5. The third-order valence-electron chi connectivity index (χ3n) is 4.87. The van der Waals surface area contributed by atoms with E-state index in [1.54, 1.807) is 16.2 Å². The molecule has 0 radical (unpaired) electrons. The van der Waals surface area contributed by atoms with Crippen molar-refractivity contribution in [2.75, 3.05) is 18.4 Å². The van der Waals surface area contributed by atoms with Crippen LogP contribution in [-0.4, -0.2) is 40.8 Å². The van der Waals surface area contributed by atoms with Crippen LogP contribution in [0.5, 0.6) is 0 Å². The molecule has 3 aromatic rings. The number of thiophene rings is 1. The van der Waals surface area contributed by atoms with Crippen LogP contribution < -0.4 is 11.1 Å². The van der Waals surface area contributed by atoms with E-state index in [2.05, 4.69) is 50.1 Å². The van der Waals surface area contributed by atoms with E-state index in [0.29, 0.717) is 18.1 Å². The van der Waals surface area contributed by atoms with Crippen molar-refractivity contribution in [3.05, 3.63) is 35.2 Å². The minimum atomic E-state index is -0.479. The fourth-order valence-corrected chi connectivity index (χ4v) is 5.44. The molecule has 0 unspecified atom stereocenters. The third-order valence-corrected chi connectivity index (χ3v) is 6.97. The van der Waals surface area contributed by atoms with Crippen molar-refractivity contribution >= 4 is 49.7 Å². The fourth-order valence-electron chi connectivity index (χ4n) is 3.49. The second kappa shape index (κ2) is 12.7. The molecular weight excluding hydrogens is 452 g/mol. The van der Waals surface area contributed by atoms with Crippen LogP contribution in [0.15, 0.2) is 29.6 Å². The third kappa shape index (κ3) is 7.01. The van der Waals surface area contributed by atoms with Crippen LogP contribution in [0, 0.1) is 12.8 Å². The quantitative estimate of drug-likeness (QED) is 0.467. The molecule has 0 spiro atoms. The molecule has 0 saturated carbocycles. The molecule has 3 heterocycles. The van der Waals surface area contributed by atoms with Crippen LogP contribution in [0.2, 0.25) is 0 Å². The van der Waals surface area contributed by atoms with Crippen molar-refractivity contribution in [2.24, 2.45) is 11.7 Å². The van der Waals surface area contributed by atoms with Gasteiger partial charge < -0.3 is 16.0 Å². The van der Waals surface area contributed by atoms with Gasteiger partial charge in [-0.3, -0.25) is 9.59 Å². The Morgan fingerprint density at radius 2 is 1.91 bits per heavy atom. The summed E-state index contributed by atoms with van der Waals surface area (Å²) in [4.78, 5) is 31.2. The van der Waals surface area contributed by atoms with Crippen LogP contribution in [-0.2, 0) is 9.59 Å². The standard InChI is InChI=1S/C19H20N4O2S2.C4H10.C2H6/c1-11-12-5-2-3-7-15(12)27-17(11)13-10-26-19(22-13)21-9-16(24)23-8-4-6-14(23)18(20)25;1-4(2)3;1-2/h2-3,5,7,10,14H,4,6,8-9H2,1H3,(H2,20,25)(H,21,22);4H,1-3H3;1-2H3/t14-;;/m0../s1. The number of nitrogens with zero attached hydrogens (tertiary/aromatic N) is 2. The molecule has 3 N–H and O–H groups in total. The van der Waals surface area contributed by atoms with E-state index in [9.17, 15) is 9.59 Å². The van der Waals surface area contributed by atoms with E-state index in [4.69, 9.17) is 5.73 Å². The SMILES string of the molecule is CC.CC(C)C.Cc1c(-c2csc(NCC(=O)N3CCC[C@H]3C(N)=O)n2)sc2ccccc12. The molecule has 180 valence electrons. The molecule has 1 saturated heterocycles. The fraction of sp³-hybridized carbons (Fsp3) is 0.480. The summed E-state index contributed by atoms with van der Waals surface area (Å²) in [6.45, 7) is 13.3. The van der Waals surface area contributed by atoms with Crippen LogP contribution in [0.25, 0.3) is 20.7 Å². The Hall–Kier alpha value is -2.45. The molecule has 4 rings (SSSR count). The van der Waals surface area contributed by atoms with Gasteiger partial charge in [0.2, 0.25) is 11.8 Å². The number of primary amides is 1. The first kappa shape index (κ1) is 26.8. The summed E-state index contributed by atoms with van der Waals surface area (Å²) in [6.07, 6.45) is 1.46. The van der Waals surface area contributed by atoms with Crippen LogP contribution in [0.1, 0.15) is 53.0 Å². The van der Waals surface area contributed by atoms with Crippen molar-refractivity contribution in [1.29, 1.82) is 0 Å². The van der Waals surface area contributed by atoms with Gasteiger partial charge in [-0.2, -0.15) is 0 Å². The number of likely N-dealkylation sites (tertiary alicyclic amines) is 1. The van der Waals surface area contributed by atoms with Crippen molar-refractivity contribution < 1.29 is 9.59 Å². The number of carbonyl (C=O) groups is 2. The monoisotopic (exact) mass is 488 g/mol. The molecule has 1 aliphatic heterocycles. The van der Waals surface area contributed by atoms with Gasteiger partial charge in [-0.1, -0.05) is 52.8 Å². The highest BCUT2D eigenvalue weighted by Gasteiger charge is 2.32. The second-order valence-corrected chi connectivity index (χ2v) is 10.2. The molecule has 2 aromatic heterocycles. The van der Waals surface area contributed by atoms with Gasteiger partial charge in [0.1, 0.15) is 6.04 Å². The van der Waals surface area contributed by atoms with E-state index in [1.807, 2.05) is 31.4 Å². The average Bonchev–Trinajstić information content (AvgIpc) is 3.52. The summed E-state index contributed by atoms with van der Waals surface area (Å²) in [6, 6.07) is 7.85. The number of aryl methyl sites for hydroxylation is 1. The summed E-state index contributed by atoms with van der Waals surface area (Å²) >= 11 is 3.21. The number of carbonyl (C=O) groups excluding carboxylic acids is 2. The number of thiazole rings is 1. The number of anilines is 1. The van der Waals surface area contributed by atoms with Gasteiger partial charge >= 0.3 is 0 Å². The predicted octanol–water partition coefficient (Wildman–Crippen LogP) is 5.91. The number of hydrogen-bond donors (Lipinski definition) is 2. The van der Waals surface area contributed by atoms with E-state index in [0.717, 1.165) is 22.9 Å². The van der Waals surface area contributed by atoms with Gasteiger partial charge in [0, 0.05) is 16.6 Å². The molecule has 1 fully saturated rings. The maximum Gasteiger partial charge on any atom is 0.242 e. The first-order valence-corrected chi connectivity index (χ1v) is 13.2. The zero-order valence-electron chi connectivity index (χ0n) is 20.5. The van der Waals surface area contributed by atoms with Gasteiger partial charge in [-0.05, 0) is 42.7 Å². The summed E-state index contributed by atoms with van der Waals surface area (Å²) in [5.41, 5.74) is 7.53. The number of nitrogens with two attached hydrogens (primary N) is 1. The largest absolute Gasteiger partial charge is 0.368 e. The number of aromatic nitrogens is 1. The molecule has 1 aliphatic rings. The van der Waals surface area contributed by atoms with E-state index >= 15 is 0 Å². The molecular formula is C25H36N4O2S2. The highest BCUT2D eigenvalue weighted by atomic mass is 32.1. The molecule has 0 aliphatic carbocycles. The van der Waals surface area contributed by atoms with E-state index < -0.39 is 11.9 Å². The van der Waals surface area contributed by atoms with Gasteiger partial charge in [0.15, 0.2) is 5.13 Å². The molecule has 1 atom stereocenters. The Morgan fingerprint density at radius 1 is 1.24 bits per heavy atom. The second-order valence-electron chi connectivity index (χ2n) is 8.32. The maximum absolute atomic E-state index is 12.4. The lowest BCUT2D eigenvalue weighted by atomic mass is 10.1. The summed E-state index contributed by atoms with van der Waals surface area (Å²) in [5.74, 6) is 0.281. The van der Waals surface area contributed by atoms with Gasteiger partial charge in [-0.15, -0.1) is 22.7 Å². The topological polar surface area (TPSA) is 88.3 Å². The molecule has 0 bridgehead atoms. The minimum Gasteiger partial charge on any atom is -0.368 e. The predicted molar refractivity (Wildman–Crippen MR) is 142 cm³/mol. The number of fused-ring (bicyclic) bond motifs is 1. The zero-order chi connectivity index (χ0) is 24.5. The maximum atomic E-state index is 12.4. The van der Waals surface area contributed by atoms with Crippen LogP contribution >= 0.6 is 22.7 Å². The Morgan fingerprint density at radius 3 is 2.55 bits per heavy atom. The summed E-state index contributed by atoms with van der Waals surface area (Å²) in [5, 5.41) is 7.05. The first-order chi connectivity index (χ1) is 15.8. The smallest absolute Gasteiger partial charge is 0.242 e. The number of benzene rings is 1. The molecule has 8 heteroatoms.